The molecule has 0 aliphatic carbocycles. The third-order valence-electron chi connectivity index (χ3n) is 3.21. The van der Waals surface area contributed by atoms with Crippen LogP contribution >= 0.6 is 27.3 Å². The van der Waals surface area contributed by atoms with Gasteiger partial charge in [-0.15, -0.1) is 11.3 Å². The van der Waals surface area contributed by atoms with Gasteiger partial charge in [0.2, 0.25) is 0 Å². The molecule has 0 spiro atoms. The fraction of sp³-hybridized carbons (Fsp3) is 0.333. The van der Waals surface area contributed by atoms with Gasteiger partial charge < -0.3 is 19.5 Å². The summed E-state index contributed by atoms with van der Waals surface area (Å²) in [6, 6.07) is 7.95. The number of ether oxygens (including phenoxy) is 3. The zero-order valence-corrected chi connectivity index (χ0v) is 14.8. The first kappa shape index (κ1) is 16.1. The zero-order valence-electron chi connectivity index (χ0n) is 12.4. The summed E-state index contributed by atoms with van der Waals surface area (Å²) in [5.74, 6) is 2.10. The molecule has 1 N–H and O–H groups in total. The van der Waals surface area contributed by atoms with Gasteiger partial charge in [-0.3, -0.25) is 0 Å². The van der Waals surface area contributed by atoms with E-state index in [4.69, 9.17) is 14.2 Å². The van der Waals surface area contributed by atoms with E-state index < -0.39 is 0 Å². The second kappa shape index (κ2) is 7.15. The van der Waals surface area contributed by atoms with Crippen molar-refractivity contribution in [1.29, 1.82) is 0 Å². The molecular weight excluding hydrogens is 354 g/mol. The number of hydrogen-bond donors (Lipinski definition) is 1. The van der Waals surface area contributed by atoms with Crippen LogP contribution in [0.1, 0.15) is 16.5 Å². The summed E-state index contributed by atoms with van der Waals surface area (Å²) < 4.78 is 17.3. The van der Waals surface area contributed by atoms with E-state index in [0.717, 1.165) is 15.1 Å². The predicted molar refractivity (Wildman–Crippen MR) is 89.0 cm³/mol. The highest BCUT2D eigenvalue weighted by atomic mass is 79.9. The Labute approximate surface area is 137 Å². The van der Waals surface area contributed by atoms with Crippen LogP contribution in [0.25, 0.3) is 0 Å². The maximum absolute atomic E-state index is 5.52. The van der Waals surface area contributed by atoms with Crippen molar-refractivity contribution in [2.75, 3.05) is 28.4 Å². The van der Waals surface area contributed by atoms with Crippen molar-refractivity contribution in [2.45, 2.75) is 6.04 Å². The lowest BCUT2D eigenvalue weighted by Gasteiger charge is -2.20. The van der Waals surface area contributed by atoms with E-state index in [1.54, 1.807) is 32.7 Å². The third-order valence-corrected chi connectivity index (χ3v) is 4.90. The molecule has 21 heavy (non-hydrogen) atoms. The lowest BCUT2D eigenvalue weighted by Crippen LogP contribution is -2.17. The fourth-order valence-corrected chi connectivity index (χ4v) is 3.77. The van der Waals surface area contributed by atoms with Gasteiger partial charge in [0.1, 0.15) is 5.75 Å². The minimum Gasteiger partial charge on any atom is -0.496 e. The highest BCUT2D eigenvalue weighted by Crippen LogP contribution is 2.41. The highest BCUT2D eigenvalue weighted by Gasteiger charge is 2.21. The standard InChI is InChI=1S/C15H18BrNO3S/c1-17-15(13-5-6-14(16)21-13)9-7-11(19-3)12(20-4)8-10(9)18-2/h5-8,15,17H,1-4H3. The fourth-order valence-electron chi connectivity index (χ4n) is 2.21. The second-order valence-corrected chi connectivity index (χ2v) is 6.81. The Morgan fingerprint density at radius 3 is 2.10 bits per heavy atom. The number of halogens is 1. The molecular formula is C15H18BrNO3S. The molecule has 0 aliphatic heterocycles. The minimum atomic E-state index is 0.0241. The average molecular weight is 372 g/mol. The molecule has 2 aromatic rings. The van der Waals surface area contributed by atoms with Gasteiger partial charge >= 0.3 is 0 Å². The molecule has 1 atom stereocenters. The van der Waals surface area contributed by atoms with E-state index >= 15 is 0 Å². The molecule has 1 aromatic heterocycles. The van der Waals surface area contributed by atoms with Crippen molar-refractivity contribution in [3.63, 3.8) is 0 Å². The van der Waals surface area contributed by atoms with Gasteiger partial charge in [-0.2, -0.15) is 0 Å². The molecule has 0 aliphatic rings. The number of nitrogens with one attached hydrogen (secondary N) is 1. The average Bonchev–Trinajstić information content (AvgIpc) is 2.93. The van der Waals surface area contributed by atoms with Crippen LogP contribution in [0.15, 0.2) is 28.1 Å². The summed E-state index contributed by atoms with van der Waals surface area (Å²) >= 11 is 5.19. The maximum Gasteiger partial charge on any atom is 0.164 e. The summed E-state index contributed by atoms with van der Waals surface area (Å²) in [5, 5.41) is 3.32. The molecule has 2 rings (SSSR count). The Bertz CT molecular complexity index is 615. The molecule has 1 aromatic carbocycles. The van der Waals surface area contributed by atoms with Gasteiger partial charge in [-0.1, -0.05) is 0 Å². The van der Waals surface area contributed by atoms with Gasteiger partial charge in [0.15, 0.2) is 11.5 Å². The molecule has 1 unspecified atom stereocenters. The molecule has 0 bridgehead atoms. The number of benzene rings is 1. The quantitative estimate of drug-likeness (QED) is 0.836. The Balaban J connectivity index is 2.54. The molecule has 4 nitrogen and oxygen atoms in total. The lowest BCUT2D eigenvalue weighted by molar-refractivity contribution is 0.346. The van der Waals surface area contributed by atoms with E-state index in [2.05, 4.69) is 27.3 Å². The van der Waals surface area contributed by atoms with Gasteiger partial charge in [-0.05, 0) is 41.2 Å². The van der Waals surface area contributed by atoms with Crippen LogP contribution < -0.4 is 19.5 Å². The first-order chi connectivity index (χ1) is 10.1. The Morgan fingerprint density at radius 2 is 1.62 bits per heavy atom. The number of rotatable bonds is 6. The SMILES string of the molecule is CNC(c1ccc(Br)s1)c1cc(OC)c(OC)cc1OC. The van der Waals surface area contributed by atoms with E-state index in [1.165, 1.54) is 4.88 Å². The summed E-state index contributed by atoms with van der Waals surface area (Å²) in [5.41, 5.74) is 1.01. The van der Waals surface area contributed by atoms with Gasteiger partial charge in [-0.25, -0.2) is 0 Å². The van der Waals surface area contributed by atoms with Crippen molar-refractivity contribution < 1.29 is 14.2 Å². The lowest BCUT2D eigenvalue weighted by atomic mass is 10.0. The summed E-state index contributed by atoms with van der Waals surface area (Å²) in [7, 11) is 6.82. The van der Waals surface area contributed by atoms with Gasteiger partial charge in [0.05, 0.1) is 31.2 Å². The molecule has 114 valence electrons. The van der Waals surface area contributed by atoms with Gasteiger partial charge in [0, 0.05) is 16.5 Å². The predicted octanol–water partition coefficient (Wildman–Crippen LogP) is 3.85. The van der Waals surface area contributed by atoms with E-state index in [0.29, 0.717) is 11.5 Å². The molecule has 0 fully saturated rings. The molecule has 1 heterocycles. The van der Waals surface area contributed by atoms with Crippen LogP contribution in [0.2, 0.25) is 0 Å². The van der Waals surface area contributed by atoms with Crippen molar-refractivity contribution in [3.8, 4) is 17.2 Å². The van der Waals surface area contributed by atoms with Gasteiger partial charge in [0.25, 0.3) is 0 Å². The largest absolute Gasteiger partial charge is 0.496 e. The van der Waals surface area contributed by atoms with Crippen LogP contribution in [-0.2, 0) is 0 Å². The molecule has 6 heteroatoms. The maximum atomic E-state index is 5.52. The second-order valence-electron chi connectivity index (χ2n) is 4.31. The number of thiophene rings is 1. The van der Waals surface area contributed by atoms with Crippen molar-refractivity contribution in [3.05, 3.63) is 38.5 Å². The number of methoxy groups -OCH3 is 3. The highest BCUT2D eigenvalue weighted by molar-refractivity contribution is 9.11. The van der Waals surface area contributed by atoms with E-state index in [-0.39, 0.29) is 6.04 Å². The Kier molecular flexibility index (Phi) is 5.50. The van der Waals surface area contributed by atoms with Crippen LogP contribution in [0, 0.1) is 0 Å². The first-order valence-corrected chi connectivity index (χ1v) is 7.98. The summed E-state index contributed by atoms with van der Waals surface area (Å²) in [6.07, 6.45) is 0. The van der Waals surface area contributed by atoms with E-state index in [1.807, 2.05) is 25.2 Å². The minimum absolute atomic E-state index is 0.0241. The van der Waals surface area contributed by atoms with Crippen LogP contribution in [0.4, 0.5) is 0 Å². The molecule has 0 radical (unpaired) electrons. The van der Waals surface area contributed by atoms with Crippen molar-refractivity contribution >= 4 is 27.3 Å². The Hall–Kier alpha value is -1.24. The molecule has 0 saturated carbocycles. The third kappa shape index (κ3) is 3.33. The summed E-state index contributed by atoms with van der Waals surface area (Å²) in [6.45, 7) is 0. The van der Waals surface area contributed by atoms with Crippen LogP contribution in [0.5, 0.6) is 17.2 Å². The first-order valence-electron chi connectivity index (χ1n) is 6.37. The van der Waals surface area contributed by atoms with Crippen molar-refractivity contribution in [1.82, 2.24) is 5.32 Å². The summed E-state index contributed by atoms with van der Waals surface area (Å²) in [4.78, 5) is 1.19. The zero-order chi connectivity index (χ0) is 15.4. The molecule has 0 amide bonds. The smallest absolute Gasteiger partial charge is 0.164 e. The van der Waals surface area contributed by atoms with Crippen molar-refractivity contribution in [2.24, 2.45) is 0 Å². The topological polar surface area (TPSA) is 39.7 Å². The number of hydrogen-bond acceptors (Lipinski definition) is 5. The normalized spacial score (nSPS) is 12.0. The van der Waals surface area contributed by atoms with Crippen LogP contribution in [0.3, 0.4) is 0 Å². The Morgan fingerprint density at radius 1 is 1.00 bits per heavy atom. The monoisotopic (exact) mass is 371 g/mol. The van der Waals surface area contributed by atoms with E-state index in [9.17, 15) is 0 Å². The van der Waals surface area contributed by atoms with Crippen LogP contribution in [-0.4, -0.2) is 28.4 Å². The molecule has 0 saturated heterocycles.